The SMILES string of the molecule is COC(=O)c1ccccc1Nc1cc(Nc2cccc(NC(C)=O)c2)ncn1. The van der Waals surface area contributed by atoms with Crippen LogP contribution in [0.5, 0.6) is 0 Å². The van der Waals surface area contributed by atoms with Crippen LogP contribution in [0.4, 0.5) is 28.7 Å². The summed E-state index contributed by atoms with van der Waals surface area (Å²) in [5.74, 6) is 0.472. The summed E-state index contributed by atoms with van der Waals surface area (Å²) in [6.45, 7) is 1.45. The number of rotatable bonds is 6. The minimum atomic E-state index is -0.440. The number of anilines is 5. The number of nitrogens with one attached hydrogen (secondary N) is 3. The molecule has 0 bridgehead atoms. The molecule has 0 unspecified atom stereocenters. The predicted octanol–water partition coefficient (Wildman–Crippen LogP) is 3.71. The zero-order chi connectivity index (χ0) is 19.9. The number of hydrogen-bond acceptors (Lipinski definition) is 7. The zero-order valence-corrected chi connectivity index (χ0v) is 15.4. The molecule has 8 heteroatoms. The summed E-state index contributed by atoms with van der Waals surface area (Å²) in [5.41, 5.74) is 2.41. The molecule has 1 aromatic heterocycles. The van der Waals surface area contributed by atoms with Crippen molar-refractivity contribution >= 4 is 40.6 Å². The largest absolute Gasteiger partial charge is 0.465 e. The highest BCUT2D eigenvalue weighted by Crippen LogP contribution is 2.23. The average Bonchev–Trinajstić information content (AvgIpc) is 2.68. The van der Waals surface area contributed by atoms with Crippen molar-refractivity contribution in [3.63, 3.8) is 0 Å². The van der Waals surface area contributed by atoms with Gasteiger partial charge < -0.3 is 20.7 Å². The van der Waals surface area contributed by atoms with Crippen molar-refractivity contribution in [1.29, 1.82) is 0 Å². The second-order valence-corrected chi connectivity index (χ2v) is 5.84. The molecule has 0 atom stereocenters. The molecule has 0 aliphatic rings. The van der Waals surface area contributed by atoms with Crippen LogP contribution in [0.1, 0.15) is 17.3 Å². The van der Waals surface area contributed by atoms with Crippen LogP contribution in [-0.4, -0.2) is 29.0 Å². The van der Waals surface area contributed by atoms with E-state index < -0.39 is 5.97 Å². The summed E-state index contributed by atoms with van der Waals surface area (Å²) < 4.78 is 4.80. The summed E-state index contributed by atoms with van der Waals surface area (Å²) in [6, 6.07) is 16.0. The van der Waals surface area contributed by atoms with Crippen LogP contribution in [0.15, 0.2) is 60.9 Å². The van der Waals surface area contributed by atoms with Gasteiger partial charge in [-0.2, -0.15) is 0 Å². The predicted molar refractivity (Wildman–Crippen MR) is 107 cm³/mol. The molecular formula is C20H19N5O3. The van der Waals surface area contributed by atoms with E-state index in [1.165, 1.54) is 20.4 Å². The maximum absolute atomic E-state index is 11.9. The lowest BCUT2D eigenvalue weighted by molar-refractivity contribution is -0.114. The van der Waals surface area contributed by atoms with Gasteiger partial charge in [0.25, 0.3) is 0 Å². The van der Waals surface area contributed by atoms with E-state index in [0.717, 1.165) is 5.69 Å². The Morgan fingerprint density at radius 3 is 2.36 bits per heavy atom. The molecule has 0 aliphatic heterocycles. The van der Waals surface area contributed by atoms with E-state index in [2.05, 4.69) is 25.9 Å². The molecule has 0 radical (unpaired) electrons. The summed E-state index contributed by atoms with van der Waals surface area (Å²) in [5, 5.41) is 8.99. The Labute approximate surface area is 162 Å². The Kier molecular flexibility index (Phi) is 5.81. The molecule has 0 fully saturated rings. The van der Waals surface area contributed by atoms with Crippen LogP contribution in [-0.2, 0) is 9.53 Å². The minimum Gasteiger partial charge on any atom is -0.465 e. The number of aromatic nitrogens is 2. The fourth-order valence-corrected chi connectivity index (χ4v) is 2.54. The first-order valence-electron chi connectivity index (χ1n) is 8.46. The molecule has 3 N–H and O–H groups in total. The van der Waals surface area contributed by atoms with E-state index in [9.17, 15) is 9.59 Å². The molecule has 2 aromatic carbocycles. The molecule has 28 heavy (non-hydrogen) atoms. The molecule has 142 valence electrons. The minimum absolute atomic E-state index is 0.144. The van der Waals surface area contributed by atoms with Gasteiger partial charge >= 0.3 is 5.97 Å². The van der Waals surface area contributed by atoms with Crippen molar-refractivity contribution in [2.45, 2.75) is 6.92 Å². The number of benzene rings is 2. The highest BCUT2D eigenvalue weighted by Gasteiger charge is 2.11. The fraction of sp³-hybridized carbons (Fsp3) is 0.100. The van der Waals surface area contributed by atoms with Crippen molar-refractivity contribution < 1.29 is 14.3 Å². The lowest BCUT2D eigenvalue weighted by atomic mass is 10.2. The van der Waals surface area contributed by atoms with Gasteiger partial charge in [-0.15, -0.1) is 0 Å². The lowest BCUT2D eigenvalue weighted by Gasteiger charge is -2.12. The zero-order valence-electron chi connectivity index (χ0n) is 15.4. The van der Waals surface area contributed by atoms with Gasteiger partial charge in [0, 0.05) is 24.4 Å². The van der Waals surface area contributed by atoms with Crippen LogP contribution >= 0.6 is 0 Å². The Balaban J connectivity index is 1.79. The lowest BCUT2D eigenvalue weighted by Crippen LogP contribution is -2.07. The molecule has 1 heterocycles. The smallest absolute Gasteiger partial charge is 0.339 e. The Bertz CT molecular complexity index is 1010. The van der Waals surface area contributed by atoms with E-state index in [-0.39, 0.29) is 5.91 Å². The molecule has 0 aliphatic carbocycles. The maximum Gasteiger partial charge on any atom is 0.339 e. The first-order valence-corrected chi connectivity index (χ1v) is 8.46. The quantitative estimate of drug-likeness (QED) is 0.562. The van der Waals surface area contributed by atoms with Gasteiger partial charge in [0.05, 0.1) is 18.4 Å². The Morgan fingerprint density at radius 2 is 1.61 bits per heavy atom. The molecule has 0 saturated carbocycles. The second-order valence-electron chi connectivity index (χ2n) is 5.84. The first kappa shape index (κ1) is 18.8. The van der Waals surface area contributed by atoms with E-state index in [1.807, 2.05) is 18.2 Å². The standard InChI is InChI=1S/C20H19N5O3/c1-13(26)23-14-6-5-7-15(10-14)24-18-11-19(22-12-21-18)25-17-9-4-3-8-16(17)20(27)28-2/h3-12H,1-2H3,(H,23,26)(H2,21,22,24,25). The number of nitrogens with zero attached hydrogens (tertiary/aromatic N) is 2. The summed E-state index contributed by atoms with van der Waals surface area (Å²) in [7, 11) is 1.33. The van der Waals surface area contributed by atoms with E-state index in [4.69, 9.17) is 4.74 Å². The van der Waals surface area contributed by atoms with Crippen molar-refractivity contribution in [3.05, 3.63) is 66.5 Å². The Morgan fingerprint density at radius 1 is 0.893 bits per heavy atom. The first-order chi connectivity index (χ1) is 13.5. The second kappa shape index (κ2) is 8.63. The van der Waals surface area contributed by atoms with E-state index in [0.29, 0.717) is 28.6 Å². The fourth-order valence-electron chi connectivity index (χ4n) is 2.54. The van der Waals surface area contributed by atoms with E-state index in [1.54, 1.807) is 36.4 Å². The molecule has 0 spiro atoms. The van der Waals surface area contributed by atoms with Crippen LogP contribution < -0.4 is 16.0 Å². The molecule has 8 nitrogen and oxygen atoms in total. The highest BCUT2D eigenvalue weighted by molar-refractivity contribution is 5.96. The number of ether oxygens (including phenoxy) is 1. The Hall–Kier alpha value is -3.94. The third kappa shape index (κ3) is 4.82. The molecule has 3 rings (SSSR count). The normalized spacial score (nSPS) is 10.1. The van der Waals surface area contributed by atoms with Gasteiger partial charge in [0.15, 0.2) is 0 Å². The topological polar surface area (TPSA) is 105 Å². The maximum atomic E-state index is 11.9. The number of amides is 1. The summed E-state index contributed by atoms with van der Waals surface area (Å²) in [4.78, 5) is 31.5. The average molecular weight is 377 g/mol. The van der Waals surface area contributed by atoms with Gasteiger partial charge in [-0.05, 0) is 30.3 Å². The van der Waals surface area contributed by atoms with E-state index >= 15 is 0 Å². The third-order valence-electron chi connectivity index (χ3n) is 3.72. The van der Waals surface area contributed by atoms with Crippen molar-refractivity contribution in [1.82, 2.24) is 9.97 Å². The van der Waals surface area contributed by atoms with Crippen molar-refractivity contribution in [2.75, 3.05) is 23.1 Å². The number of para-hydroxylation sites is 1. The number of hydrogen-bond donors (Lipinski definition) is 3. The van der Waals surface area contributed by atoms with Crippen LogP contribution in [0, 0.1) is 0 Å². The van der Waals surface area contributed by atoms with Gasteiger partial charge in [0.1, 0.15) is 18.0 Å². The molecule has 3 aromatic rings. The molecule has 0 saturated heterocycles. The number of carbonyl (C=O) groups is 2. The van der Waals surface area contributed by atoms with Crippen molar-refractivity contribution in [3.8, 4) is 0 Å². The number of esters is 1. The van der Waals surface area contributed by atoms with Gasteiger partial charge in [0.2, 0.25) is 5.91 Å². The highest BCUT2D eigenvalue weighted by atomic mass is 16.5. The van der Waals surface area contributed by atoms with Crippen LogP contribution in [0.2, 0.25) is 0 Å². The van der Waals surface area contributed by atoms with Gasteiger partial charge in [-0.25, -0.2) is 14.8 Å². The van der Waals surface area contributed by atoms with Crippen LogP contribution in [0.3, 0.4) is 0 Å². The van der Waals surface area contributed by atoms with Crippen LogP contribution in [0.25, 0.3) is 0 Å². The number of carbonyl (C=O) groups excluding carboxylic acids is 2. The third-order valence-corrected chi connectivity index (χ3v) is 3.72. The van der Waals surface area contributed by atoms with Gasteiger partial charge in [-0.1, -0.05) is 18.2 Å². The molecule has 1 amide bonds. The van der Waals surface area contributed by atoms with Gasteiger partial charge in [-0.3, -0.25) is 4.79 Å². The summed E-state index contributed by atoms with van der Waals surface area (Å²) >= 11 is 0. The number of methoxy groups -OCH3 is 1. The monoisotopic (exact) mass is 377 g/mol. The summed E-state index contributed by atoms with van der Waals surface area (Å²) in [6.07, 6.45) is 1.41. The van der Waals surface area contributed by atoms with Crippen molar-refractivity contribution in [2.24, 2.45) is 0 Å². The molecular weight excluding hydrogens is 358 g/mol.